The molecule has 0 fully saturated rings. The van der Waals surface area contributed by atoms with Crippen LogP contribution in [0.15, 0.2) is 59.0 Å². The summed E-state index contributed by atoms with van der Waals surface area (Å²) in [6.45, 7) is 1.50. The van der Waals surface area contributed by atoms with E-state index in [-0.39, 0.29) is 5.82 Å². The second-order valence-electron chi connectivity index (χ2n) is 5.74. The van der Waals surface area contributed by atoms with E-state index in [9.17, 15) is 4.39 Å². The first kappa shape index (κ1) is 17.5. The zero-order valence-electron chi connectivity index (χ0n) is 14.0. The van der Waals surface area contributed by atoms with Crippen molar-refractivity contribution in [2.24, 2.45) is 0 Å². The first-order valence-electron chi connectivity index (χ1n) is 8.15. The summed E-state index contributed by atoms with van der Waals surface area (Å²) in [7, 11) is 1.59. The van der Waals surface area contributed by atoms with Crippen LogP contribution >= 0.6 is 11.6 Å². The molecule has 0 saturated carbocycles. The van der Waals surface area contributed by atoms with Crippen LogP contribution in [0.1, 0.15) is 11.3 Å². The van der Waals surface area contributed by atoms with Crippen LogP contribution in [0, 0.1) is 5.82 Å². The largest absolute Gasteiger partial charge is 0.495 e. The summed E-state index contributed by atoms with van der Waals surface area (Å²) in [5.74, 6) is 2.13. The van der Waals surface area contributed by atoms with E-state index < -0.39 is 0 Å². The molecule has 0 saturated heterocycles. The van der Waals surface area contributed by atoms with Crippen LogP contribution in [0.4, 0.5) is 4.39 Å². The van der Waals surface area contributed by atoms with Crippen molar-refractivity contribution in [2.45, 2.75) is 13.0 Å². The van der Waals surface area contributed by atoms with Crippen LogP contribution in [-0.4, -0.2) is 13.7 Å². The van der Waals surface area contributed by atoms with Gasteiger partial charge in [-0.3, -0.25) is 0 Å². The van der Waals surface area contributed by atoms with Gasteiger partial charge in [0.15, 0.2) is 5.76 Å². The third-order valence-electron chi connectivity index (χ3n) is 4.02. The Morgan fingerprint density at radius 2 is 1.96 bits per heavy atom. The van der Waals surface area contributed by atoms with E-state index in [1.807, 2.05) is 42.5 Å². The lowest BCUT2D eigenvalue weighted by Crippen LogP contribution is -2.83. The van der Waals surface area contributed by atoms with Gasteiger partial charge in [-0.2, -0.15) is 0 Å². The van der Waals surface area contributed by atoms with Gasteiger partial charge in [-0.05, 0) is 42.0 Å². The molecule has 0 radical (unpaired) electrons. The molecule has 1 aromatic heterocycles. The number of methoxy groups -OCH3 is 1. The Kier molecular flexibility index (Phi) is 5.74. The van der Waals surface area contributed by atoms with Crippen molar-refractivity contribution < 1.29 is 18.9 Å². The van der Waals surface area contributed by atoms with Gasteiger partial charge >= 0.3 is 0 Å². The summed E-state index contributed by atoms with van der Waals surface area (Å²) >= 11 is 6.16. The van der Waals surface area contributed by atoms with Gasteiger partial charge in [-0.1, -0.05) is 29.8 Å². The summed E-state index contributed by atoms with van der Waals surface area (Å²) in [6, 6.07) is 16.3. The molecule has 2 aromatic carbocycles. The minimum Gasteiger partial charge on any atom is -0.495 e. The van der Waals surface area contributed by atoms with Crippen molar-refractivity contribution in [3.63, 3.8) is 0 Å². The van der Waals surface area contributed by atoms with Crippen LogP contribution in [-0.2, 0) is 13.0 Å². The second kappa shape index (κ2) is 8.19. The lowest BCUT2D eigenvalue weighted by Gasteiger charge is -2.04. The van der Waals surface area contributed by atoms with Crippen LogP contribution < -0.4 is 10.1 Å². The van der Waals surface area contributed by atoms with Crippen molar-refractivity contribution in [2.75, 3.05) is 13.7 Å². The van der Waals surface area contributed by atoms with Crippen molar-refractivity contribution >= 4 is 11.6 Å². The lowest BCUT2D eigenvalue weighted by molar-refractivity contribution is -0.671. The lowest BCUT2D eigenvalue weighted by atomic mass is 10.1. The molecule has 0 spiro atoms. The number of ether oxygens (including phenoxy) is 1. The molecule has 25 heavy (non-hydrogen) atoms. The highest BCUT2D eigenvalue weighted by Gasteiger charge is 2.09. The van der Waals surface area contributed by atoms with E-state index in [1.165, 1.54) is 6.07 Å². The number of hydrogen-bond donors (Lipinski definition) is 1. The van der Waals surface area contributed by atoms with Crippen molar-refractivity contribution in [3.8, 4) is 17.1 Å². The maximum absolute atomic E-state index is 13.6. The molecule has 1 heterocycles. The molecule has 0 amide bonds. The fourth-order valence-electron chi connectivity index (χ4n) is 2.67. The van der Waals surface area contributed by atoms with Crippen molar-refractivity contribution in [1.29, 1.82) is 0 Å². The van der Waals surface area contributed by atoms with E-state index in [4.69, 9.17) is 20.8 Å². The van der Waals surface area contributed by atoms with Gasteiger partial charge < -0.3 is 14.5 Å². The Morgan fingerprint density at radius 3 is 2.72 bits per heavy atom. The summed E-state index contributed by atoms with van der Waals surface area (Å²) in [4.78, 5) is 0. The highest BCUT2D eigenvalue weighted by Crippen LogP contribution is 2.30. The van der Waals surface area contributed by atoms with Gasteiger partial charge in [0.2, 0.25) is 0 Å². The van der Waals surface area contributed by atoms with Gasteiger partial charge in [-0.25, -0.2) is 4.39 Å². The van der Waals surface area contributed by atoms with Gasteiger partial charge in [0.25, 0.3) is 0 Å². The first-order chi connectivity index (χ1) is 12.2. The number of quaternary nitrogens is 1. The third-order valence-corrected chi connectivity index (χ3v) is 4.31. The average molecular weight is 361 g/mol. The topological polar surface area (TPSA) is 39.0 Å². The summed E-state index contributed by atoms with van der Waals surface area (Å²) in [5, 5.41) is 2.66. The molecule has 3 aromatic rings. The van der Waals surface area contributed by atoms with Crippen LogP contribution in [0.3, 0.4) is 0 Å². The monoisotopic (exact) mass is 360 g/mol. The summed E-state index contributed by atoms with van der Waals surface area (Å²) < 4.78 is 24.6. The normalized spacial score (nSPS) is 10.8. The van der Waals surface area contributed by atoms with E-state index in [1.54, 1.807) is 13.2 Å². The Balaban J connectivity index is 1.55. The number of halogens is 2. The Morgan fingerprint density at radius 1 is 1.12 bits per heavy atom. The molecular weight excluding hydrogens is 341 g/mol. The zero-order chi connectivity index (χ0) is 17.6. The highest BCUT2D eigenvalue weighted by molar-refractivity contribution is 6.32. The average Bonchev–Trinajstić information content (AvgIpc) is 3.09. The molecule has 0 aliphatic rings. The molecule has 0 unspecified atom stereocenters. The molecule has 0 bridgehead atoms. The van der Waals surface area contributed by atoms with Crippen molar-refractivity contribution in [3.05, 3.63) is 76.8 Å². The third kappa shape index (κ3) is 4.41. The van der Waals surface area contributed by atoms with Crippen molar-refractivity contribution in [1.82, 2.24) is 0 Å². The van der Waals surface area contributed by atoms with Crippen LogP contribution in [0.25, 0.3) is 11.3 Å². The fraction of sp³-hybridized carbons (Fsp3) is 0.200. The predicted molar refractivity (Wildman–Crippen MR) is 96.3 cm³/mol. The smallest absolute Gasteiger partial charge is 0.158 e. The summed E-state index contributed by atoms with van der Waals surface area (Å²) in [5.41, 5.74) is 1.65. The fourth-order valence-corrected chi connectivity index (χ4v) is 2.92. The number of rotatable bonds is 7. The van der Waals surface area contributed by atoms with Gasteiger partial charge in [0, 0.05) is 12.0 Å². The van der Waals surface area contributed by atoms with E-state index in [2.05, 4.69) is 5.32 Å². The maximum atomic E-state index is 13.6. The minimum atomic E-state index is -0.146. The molecule has 5 heteroatoms. The van der Waals surface area contributed by atoms with Gasteiger partial charge in [0.05, 0.1) is 18.7 Å². The van der Waals surface area contributed by atoms with Gasteiger partial charge in [0.1, 0.15) is 23.9 Å². The minimum absolute atomic E-state index is 0.146. The molecular formula is C20H20ClFNO2+. The standard InChI is InChI=1S/C20H19ClFNO2/c1-24-20-8-6-15(12-17(20)21)19-9-7-16(25-19)13-23-11-10-14-4-2-3-5-18(14)22/h2-9,12,23H,10-11,13H2,1H3/p+1. The molecule has 2 N–H and O–H groups in total. The molecule has 130 valence electrons. The van der Waals surface area contributed by atoms with Gasteiger partial charge in [-0.15, -0.1) is 0 Å². The predicted octanol–water partition coefficient (Wildman–Crippen LogP) is 4.05. The number of nitrogens with two attached hydrogens (primary N) is 1. The first-order valence-corrected chi connectivity index (χ1v) is 8.53. The molecule has 0 aliphatic carbocycles. The Hall–Kier alpha value is -2.30. The Labute approximate surface area is 151 Å². The van der Waals surface area contributed by atoms with E-state index in [0.717, 1.165) is 29.2 Å². The molecule has 0 aliphatic heterocycles. The molecule has 3 rings (SSSR count). The second-order valence-corrected chi connectivity index (χ2v) is 6.15. The molecule has 3 nitrogen and oxygen atoms in total. The maximum Gasteiger partial charge on any atom is 0.158 e. The van der Waals surface area contributed by atoms with Crippen LogP contribution in [0.2, 0.25) is 5.02 Å². The van der Waals surface area contributed by atoms with E-state index in [0.29, 0.717) is 23.7 Å². The number of furan rings is 1. The SMILES string of the molecule is COc1ccc(-c2ccc(C[NH2+]CCc3ccccc3F)o2)cc1Cl. The number of hydrogen-bond acceptors (Lipinski definition) is 2. The number of benzene rings is 2. The highest BCUT2D eigenvalue weighted by atomic mass is 35.5. The van der Waals surface area contributed by atoms with E-state index >= 15 is 0 Å². The Bertz CT molecular complexity index is 847. The van der Waals surface area contributed by atoms with Crippen LogP contribution in [0.5, 0.6) is 5.75 Å². The summed E-state index contributed by atoms with van der Waals surface area (Å²) in [6.07, 6.45) is 0.689. The molecule has 0 atom stereocenters. The zero-order valence-corrected chi connectivity index (χ0v) is 14.7. The quantitative estimate of drug-likeness (QED) is 0.645.